The lowest BCUT2D eigenvalue weighted by molar-refractivity contribution is 0.0955. The molecule has 140 valence electrons. The molecule has 1 fully saturated rings. The van der Waals surface area contributed by atoms with E-state index in [1.54, 1.807) is 6.07 Å². The second kappa shape index (κ2) is 8.85. The number of thiophene rings is 1. The standard InChI is InChI=1S/C16H19Cl2N5O2S/c1-10-21-13(9-14(22-10)23-4-6-25-7-5-23)19-2-3-20-16(24)11-8-12(17)26-15(11)18/h8-9H,2-7H2,1H3,(H,20,24)(H,19,21,22). The molecule has 1 aliphatic rings. The van der Waals surface area contributed by atoms with E-state index < -0.39 is 0 Å². The van der Waals surface area contributed by atoms with Crippen molar-refractivity contribution < 1.29 is 9.53 Å². The van der Waals surface area contributed by atoms with E-state index in [1.807, 2.05) is 13.0 Å². The van der Waals surface area contributed by atoms with E-state index in [0.29, 0.717) is 46.4 Å². The van der Waals surface area contributed by atoms with Gasteiger partial charge in [-0.3, -0.25) is 4.79 Å². The molecule has 0 aromatic carbocycles. The summed E-state index contributed by atoms with van der Waals surface area (Å²) in [5, 5.41) is 6.02. The van der Waals surface area contributed by atoms with Gasteiger partial charge in [0.1, 0.15) is 21.8 Å². The van der Waals surface area contributed by atoms with Crippen LogP contribution in [0.25, 0.3) is 0 Å². The highest BCUT2D eigenvalue weighted by atomic mass is 35.5. The molecule has 0 bridgehead atoms. The topological polar surface area (TPSA) is 79.4 Å². The van der Waals surface area contributed by atoms with Crippen LogP contribution in [0.2, 0.25) is 8.67 Å². The monoisotopic (exact) mass is 415 g/mol. The van der Waals surface area contributed by atoms with Crippen molar-refractivity contribution >= 4 is 52.1 Å². The predicted molar refractivity (Wildman–Crippen MR) is 105 cm³/mol. The molecule has 0 spiro atoms. The van der Waals surface area contributed by atoms with Gasteiger partial charge in [0.2, 0.25) is 0 Å². The lowest BCUT2D eigenvalue weighted by atomic mass is 10.3. The number of hydrogen-bond acceptors (Lipinski definition) is 7. The number of carbonyl (C=O) groups excluding carboxylic acids is 1. The fourth-order valence-corrected chi connectivity index (χ4v) is 4.01. The first-order valence-electron chi connectivity index (χ1n) is 8.18. The quantitative estimate of drug-likeness (QED) is 0.706. The number of aryl methyl sites for hydroxylation is 1. The Labute approximate surface area is 165 Å². The van der Waals surface area contributed by atoms with Crippen LogP contribution in [0.1, 0.15) is 16.2 Å². The van der Waals surface area contributed by atoms with Crippen molar-refractivity contribution in [2.45, 2.75) is 6.92 Å². The summed E-state index contributed by atoms with van der Waals surface area (Å²) in [5.74, 6) is 2.06. The highest BCUT2D eigenvalue weighted by molar-refractivity contribution is 7.20. The largest absolute Gasteiger partial charge is 0.378 e. The fourth-order valence-electron chi connectivity index (χ4n) is 2.55. The van der Waals surface area contributed by atoms with E-state index in [9.17, 15) is 4.79 Å². The SMILES string of the molecule is Cc1nc(NCCNC(=O)c2cc(Cl)sc2Cl)cc(N2CCOCC2)n1. The van der Waals surface area contributed by atoms with E-state index in [1.165, 1.54) is 11.3 Å². The van der Waals surface area contributed by atoms with Crippen LogP contribution in [0.15, 0.2) is 12.1 Å². The summed E-state index contributed by atoms with van der Waals surface area (Å²) in [6.07, 6.45) is 0. The Balaban J connectivity index is 1.52. The van der Waals surface area contributed by atoms with Crippen LogP contribution < -0.4 is 15.5 Å². The molecule has 1 saturated heterocycles. The molecule has 7 nitrogen and oxygen atoms in total. The maximum atomic E-state index is 12.1. The van der Waals surface area contributed by atoms with Gasteiger partial charge in [0, 0.05) is 32.2 Å². The first-order valence-corrected chi connectivity index (χ1v) is 9.75. The van der Waals surface area contributed by atoms with Crippen LogP contribution >= 0.6 is 34.5 Å². The molecule has 3 rings (SSSR count). The number of hydrogen-bond donors (Lipinski definition) is 2. The second-order valence-corrected chi connectivity index (χ2v) is 7.96. The van der Waals surface area contributed by atoms with E-state index >= 15 is 0 Å². The van der Waals surface area contributed by atoms with Crippen molar-refractivity contribution in [3.63, 3.8) is 0 Å². The highest BCUT2D eigenvalue weighted by Crippen LogP contribution is 2.30. The molecule has 0 aliphatic carbocycles. The van der Waals surface area contributed by atoms with Crippen molar-refractivity contribution in [2.24, 2.45) is 0 Å². The van der Waals surface area contributed by atoms with Crippen LogP contribution in [0.3, 0.4) is 0 Å². The number of aromatic nitrogens is 2. The molecule has 2 aromatic heterocycles. The predicted octanol–water partition coefficient (Wildman–Crippen LogP) is 2.83. The van der Waals surface area contributed by atoms with Crippen molar-refractivity contribution in [1.29, 1.82) is 0 Å². The lowest BCUT2D eigenvalue weighted by Crippen LogP contribution is -2.37. The van der Waals surface area contributed by atoms with Crippen LogP contribution in [0.4, 0.5) is 11.6 Å². The zero-order chi connectivity index (χ0) is 18.5. The maximum Gasteiger partial charge on any atom is 0.253 e. The summed E-state index contributed by atoms with van der Waals surface area (Å²) < 4.78 is 6.25. The van der Waals surface area contributed by atoms with Crippen LogP contribution in [0.5, 0.6) is 0 Å². The molecule has 0 atom stereocenters. The summed E-state index contributed by atoms with van der Waals surface area (Å²) in [4.78, 5) is 23.1. The zero-order valence-electron chi connectivity index (χ0n) is 14.2. The number of amides is 1. The van der Waals surface area contributed by atoms with Gasteiger partial charge in [-0.05, 0) is 13.0 Å². The number of morpholine rings is 1. The lowest BCUT2D eigenvalue weighted by Gasteiger charge is -2.28. The molecule has 26 heavy (non-hydrogen) atoms. The number of nitrogens with zero attached hydrogens (tertiary/aromatic N) is 3. The van der Waals surface area contributed by atoms with Gasteiger partial charge < -0.3 is 20.3 Å². The van der Waals surface area contributed by atoms with Gasteiger partial charge in [0.05, 0.1) is 23.1 Å². The van der Waals surface area contributed by atoms with Crippen LogP contribution in [0, 0.1) is 6.92 Å². The van der Waals surface area contributed by atoms with Gasteiger partial charge in [-0.15, -0.1) is 11.3 Å². The van der Waals surface area contributed by atoms with E-state index in [2.05, 4.69) is 25.5 Å². The minimum Gasteiger partial charge on any atom is -0.378 e. The first kappa shape index (κ1) is 19.2. The molecule has 3 heterocycles. The average molecular weight is 416 g/mol. The molecular weight excluding hydrogens is 397 g/mol. The highest BCUT2D eigenvalue weighted by Gasteiger charge is 2.15. The van der Waals surface area contributed by atoms with E-state index in [-0.39, 0.29) is 5.91 Å². The third kappa shape index (κ3) is 4.97. The molecule has 0 saturated carbocycles. The van der Waals surface area contributed by atoms with Crippen molar-refractivity contribution in [2.75, 3.05) is 49.6 Å². The van der Waals surface area contributed by atoms with Crippen LogP contribution in [-0.2, 0) is 4.74 Å². The molecule has 1 amide bonds. The Kier molecular flexibility index (Phi) is 6.53. The number of ether oxygens (including phenoxy) is 1. The third-order valence-corrected chi connectivity index (χ3v) is 5.27. The average Bonchev–Trinajstić information content (AvgIpc) is 2.97. The van der Waals surface area contributed by atoms with Crippen molar-refractivity contribution in [1.82, 2.24) is 15.3 Å². The van der Waals surface area contributed by atoms with Gasteiger partial charge in [0.15, 0.2) is 0 Å². The number of nitrogens with one attached hydrogen (secondary N) is 2. The van der Waals surface area contributed by atoms with Gasteiger partial charge in [-0.2, -0.15) is 0 Å². The molecule has 2 N–H and O–H groups in total. The smallest absolute Gasteiger partial charge is 0.253 e. The molecule has 0 radical (unpaired) electrons. The summed E-state index contributed by atoms with van der Waals surface area (Å²) in [5.41, 5.74) is 0.397. The summed E-state index contributed by atoms with van der Waals surface area (Å²) in [6.45, 7) is 5.85. The molecule has 0 unspecified atom stereocenters. The Hall–Kier alpha value is -1.61. The van der Waals surface area contributed by atoms with Crippen molar-refractivity contribution in [3.8, 4) is 0 Å². The number of carbonyl (C=O) groups is 1. The van der Waals surface area contributed by atoms with E-state index in [4.69, 9.17) is 27.9 Å². The summed E-state index contributed by atoms with van der Waals surface area (Å²) >= 11 is 13.0. The summed E-state index contributed by atoms with van der Waals surface area (Å²) in [6, 6.07) is 3.48. The van der Waals surface area contributed by atoms with Gasteiger partial charge in [0.25, 0.3) is 5.91 Å². The third-order valence-electron chi connectivity index (χ3n) is 3.78. The number of anilines is 2. The van der Waals surface area contributed by atoms with E-state index in [0.717, 1.165) is 24.7 Å². The van der Waals surface area contributed by atoms with Gasteiger partial charge >= 0.3 is 0 Å². The molecule has 1 aliphatic heterocycles. The van der Waals surface area contributed by atoms with Gasteiger partial charge in [-0.25, -0.2) is 9.97 Å². The normalized spacial score (nSPS) is 14.3. The Morgan fingerprint density at radius 2 is 2.04 bits per heavy atom. The molecular formula is C16H19Cl2N5O2S. The maximum absolute atomic E-state index is 12.1. The van der Waals surface area contributed by atoms with Crippen LogP contribution in [-0.4, -0.2) is 55.3 Å². The fraction of sp³-hybridized carbons (Fsp3) is 0.438. The Morgan fingerprint density at radius 1 is 1.27 bits per heavy atom. The Bertz CT molecular complexity index is 780. The van der Waals surface area contributed by atoms with Crippen molar-refractivity contribution in [3.05, 3.63) is 32.2 Å². The summed E-state index contributed by atoms with van der Waals surface area (Å²) in [7, 11) is 0. The van der Waals surface area contributed by atoms with Gasteiger partial charge in [-0.1, -0.05) is 23.2 Å². The Morgan fingerprint density at radius 3 is 2.73 bits per heavy atom. The first-order chi connectivity index (χ1) is 12.5. The zero-order valence-corrected chi connectivity index (χ0v) is 16.5. The minimum atomic E-state index is -0.243. The second-order valence-electron chi connectivity index (χ2n) is 5.68. The molecule has 2 aromatic rings. The minimum absolute atomic E-state index is 0.243. The molecule has 10 heteroatoms. The number of rotatable bonds is 6. The number of halogens is 2.